The number of aliphatic hydroxyl groups excluding tert-OH is 1. The molecule has 0 radical (unpaired) electrons. The van der Waals surface area contributed by atoms with Gasteiger partial charge in [-0.05, 0) is 54.5 Å². The number of primary amides is 1. The van der Waals surface area contributed by atoms with E-state index >= 15 is 0 Å². The van der Waals surface area contributed by atoms with Gasteiger partial charge in [0.05, 0.1) is 13.0 Å². The molecule has 10 heteroatoms. The van der Waals surface area contributed by atoms with E-state index in [1.165, 1.54) is 17.7 Å². The van der Waals surface area contributed by atoms with E-state index in [4.69, 9.17) is 10.5 Å². The van der Waals surface area contributed by atoms with Crippen LogP contribution >= 0.6 is 0 Å². The molecule has 2 bridgehead atoms. The highest BCUT2D eigenvalue weighted by Crippen LogP contribution is 2.20. The predicted molar refractivity (Wildman–Crippen MR) is 140 cm³/mol. The highest BCUT2D eigenvalue weighted by Gasteiger charge is 2.26. The van der Waals surface area contributed by atoms with Crippen molar-refractivity contribution in [1.82, 2.24) is 16.0 Å². The van der Waals surface area contributed by atoms with Crippen molar-refractivity contribution in [2.45, 2.75) is 76.7 Å². The number of nitrogens with one attached hydrogen (secondary N) is 3. The van der Waals surface area contributed by atoms with Gasteiger partial charge in [-0.1, -0.05) is 31.2 Å². The molecule has 2 aromatic carbocycles. The Morgan fingerprint density at radius 1 is 1.18 bits per heavy atom. The third-order valence-corrected chi connectivity index (χ3v) is 6.33. The van der Waals surface area contributed by atoms with Crippen LogP contribution in [0.25, 0.3) is 0 Å². The smallest absolute Gasteiger partial charge is 0.243 e. The summed E-state index contributed by atoms with van der Waals surface area (Å²) in [7, 11) is 0. The number of carbonyl (C=O) groups excluding carboxylic acids is 3. The third kappa shape index (κ3) is 9.75. The minimum Gasteiger partial charge on any atom is -0.493 e. The Morgan fingerprint density at radius 3 is 2.74 bits per heavy atom. The van der Waals surface area contributed by atoms with E-state index in [0.29, 0.717) is 37.3 Å². The second-order valence-electron chi connectivity index (χ2n) is 9.61. The van der Waals surface area contributed by atoms with Crippen LogP contribution in [0.2, 0.25) is 0 Å². The lowest BCUT2D eigenvalue weighted by Gasteiger charge is -2.25. The molecule has 38 heavy (non-hydrogen) atoms. The van der Waals surface area contributed by atoms with Crippen molar-refractivity contribution in [2.24, 2.45) is 5.73 Å². The molecule has 3 rings (SSSR count). The van der Waals surface area contributed by atoms with Crippen molar-refractivity contribution < 1.29 is 28.6 Å². The van der Waals surface area contributed by atoms with Gasteiger partial charge >= 0.3 is 0 Å². The summed E-state index contributed by atoms with van der Waals surface area (Å²) in [6.07, 6.45) is 0.962. The molecule has 9 nitrogen and oxygen atoms in total. The van der Waals surface area contributed by atoms with Crippen LogP contribution in [-0.2, 0) is 33.8 Å². The van der Waals surface area contributed by atoms with Gasteiger partial charge in [0.25, 0.3) is 0 Å². The zero-order valence-corrected chi connectivity index (χ0v) is 21.7. The second-order valence-corrected chi connectivity index (χ2v) is 9.61. The molecule has 0 saturated heterocycles. The molecular formula is C28H37FN4O5. The Balaban J connectivity index is 1.79. The Kier molecular flexibility index (Phi) is 11.0. The van der Waals surface area contributed by atoms with E-state index in [1.54, 1.807) is 6.07 Å². The Hall–Kier alpha value is -3.50. The predicted octanol–water partition coefficient (Wildman–Crippen LogP) is 1.84. The zero-order valence-electron chi connectivity index (χ0n) is 21.7. The van der Waals surface area contributed by atoms with Crippen LogP contribution in [0.5, 0.6) is 5.75 Å². The summed E-state index contributed by atoms with van der Waals surface area (Å²) >= 11 is 0. The summed E-state index contributed by atoms with van der Waals surface area (Å²) < 4.78 is 20.0. The third-order valence-electron chi connectivity index (χ3n) is 6.33. The maximum atomic E-state index is 14.3. The largest absolute Gasteiger partial charge is 0.493 e. The molecule has 0 aliphatic carbocycles. The van der Waals surface area contributed by atoms with Gasteiger partial charge in [0.2, 0.25) is 17.7 Å². The van der Waals surface area contributed by atoms with Crippen molar-refractivity contribution in [3.63, 3.8) is 0 Å². The fraction of sp³-hybridized carbons (Fsp3) is 0.464. The number of nitrogens with two attached hydrogens (primary N) is 1. The summed E-state index contributed by atoms with van der Waals surface area (Å²) in [5.41, 5.74) is 8.08. The first-order valence-corrected chi connectivity index (χ1v) is 13.0. The van der Waals surface area contributed by atoms with Crippen molar-refractivity contribution >= 4 is 17.7 Å². The molecular weight excluding hydrogens is 491 g/mol. The van der Waals surface area contributed by atoms with E-state index in [0.717, 1.165) is 12.0 Å². The molecule has 3 unspecified atom stereocenters. The molecule has 3 atom stereocenters. The van der Waals surface area contributed by atoms with Crippen LogP contribution in [0.1, 0.15) is 55.7 Å². The Bertz CT molecular complexity index is 1110. The van der Waals surface area contributed by atoms with Crippen LogP contribution in [0, 0.1) is 5.82 Å². The summed E-state index contributed by atoms with van der Waals surface area (Å²) in [6.45, 7) is 2.77. The highest BCUT2D eigenvalue weighted by molar-refractivity contribution is 5.91. The maximum absolute atomic E-state index is 14.3. The quantitative estimate of drug-likeness (QED) is 0.331. The number of carbonyl (C=O) groups is 3. The fourth-order valence-corrected chi connectivity index (χ4v) is 4.40. The van der Waals surface area contributed by atoms with Gasteiger partial charge in [-0.2, -0.15) is 0 Å². The average molecular weight is 529 g/mol. The molecule has 0 aromatic heterocycles. The Labute approximate surface area is 222 Å². The minimum atomic E-state index is -1.16. The molecule has 1 aliphatic rings. The summed E-state index contributed by atoms with van der Waals surface area (Å²) in [5.74, 6) is -1.86. The molecule has 3 amide bonds. The van der Waals surface area contributed by atoms with Gasteiger partial charge in [-0.25, -0.2) is 4.39 Å². The number of hydrogen-bond donors (Lipinski definition) is 5. The average Bonchev–Trinajstić information content (AvgIpc) is 2.86. The van der Waals surface area contributed by atoms with Gasteiger partial charge < -0.3 is 26.2 Å². The van der Waals surface area contributed by atoms with E-state index in [1.807, 2.05) is 18.2 Å². The summed E-state index contributed by atoms with van der Waals surface area (Å²) in [5, 5.41) is 19.2. The standard InChI is InChI=1S/C28H37FN4O5/c1-2-18-6-5-7-19(10-18)17-31-27(36)15-22-12-20-11-21(29)14-23(13-20)38-9-4-3-8-26(35)33-24(16-25(30)34)28(37)32-22/h5-7,10-11,13-14,22,24,27,31,36H,2-4,8-9,12,15-17H2,1H3,(H2,30,34)(H,32,37)(H,33,35). The number of ether oxygens (including phenoxy) is 1. The van der Waals surface area contributed by atoms with Crippen molar-refractivity contribution in [3.8, 4) is 5.75 Å². The van der Waals surface area contributed by atoms with E-state index < -0.39 is 35.9 Å². The van der Waals surface area contributed by atoms with E-state index in [9.17, 15) is 23.9 Å². The van der Waals surface area contributed by atoms with E-state index in [-0.39, 0.29) is 31.6 Å². The van der Waals surface area contributed by atoms with Crippen molar-refractivity contribution in [2.75, 3.05) is 6.61 Å². The normalized spacial score (nSPS) is 19.8. The fourth-order valence-electron chi connectivity index (χ4n) is 4.40. The van der Waals surface area contributed by atoms with Crippen molar-refractivity contribution in [1.29, 1.82) is 0 Å². The van der Waals surface area contributed by atoms with Gasteiger partial charge in [0.15, 0.2) is 0 Å². The van der Waals surface area contributed by atoms with Crippen molar-refractivity contribution in [3.05, 3.63) is 65.0 Å². The van der Waals surface area contributed by atoms with Crippen LogP contribution in [0.4, 0.5) is 4.39 Å². The summed E-state index contributed by atoms with van der Waals surface area (Å²) in [4.78, 5) is 37.1. The van der Waals surface area contributed by atoms with Crippen LogP contribution in [0.15, 0.2) is 42.5 Å². The minimum absolute atomic E-state index is 0.0865. The molecule has 0 fully saturated rings. The molecule has 1 aliphatic heterocycles. The first-order chi connectivity index (χ1) is 18.2. The van der Waals surface area contributed by atoms with Gasteiger partial charge in [0, 0.05) is 31.5 Å². The first kappa shape index (κ1) is 29.1. The monoisotopic (exact) mass is 528 g/mol. The van der Waals surface area contributed by atoms with Crippen LogP contribution in [-0.4, -0.2) is 47.7 Å². The molecule has 1 heterocycles. The zero-order chi connectivity index (χ0) is 27.5. The molecule has 0 saturated carbocycles. The number of amides is 3. The topological polar surface area (TPSA) is 143 Å². The number of aryl methyl sites for hydroxylation is 1. The number of benzene rings is 2. The number of hydrogen-bond acceptors (Lipinski definition) is 6. The molecule has 0 spiro atoms. The van der Waals surface area contributed by atoms with Gasteiger partial charge in [-0.15, -0.1) is 0 Å². The SMILES string of the molecule is CCc1cccc(CNC(O)CC2Cc3cc(F)cc(c3)OCCCCC(=O)NC(CC(N)=O)C(=O)N2)c1. The lowest BCUT2D eigenvalue weighted by Crippen LogP contribution is -2.52. The Morgan fingerprint density at radius 2 is 1.97 bits per heavy atom. The molecule has 6 N–H and O–H groups in total. The van der Waals surface area contributed by atoms with E-state index in [2.05, 4.69) is 28.9 Å². The van der Waals surface area contributed by atoms with Crippen LogP contribution < -0.4 is 26.4 Å². The number of rotatable bonds is 8. The van der Waals surface area contributed by atoms with Gasteiger partial charge in [0.1, 0.15) is 23.8 Å². The first-order valence-electron chi connectivity index (χ1n) is 13.0. The maximum Gasteiger partial charge on any atom is 0.243 e. The number of fused-ring (bicyclic) bond motifs is 2. The lowest BCUT2D eigenvalue weighted by molar-refractivity contribution is -0.131. The molecule has 2 aromatic rings. The second kappa shape index (κ2) is 14.4. The highest BCUT2D eigenvalue weighted by atomic mass is 19.1. The van der Waals surface area contributed by atoms with Crippen LogP contribution in [0.3, 0.4) is 0 Å². The number of halogens is 1. The van der Waals surface area contributed by atoms with Gasteiger partial charge in [-0.3, -0.25) is 19.7 Å². The number of aliphatic hydroxyl groups is 1. The molecule has 206 valence electrons. The lowest BCUT2D eigenvalue weighted by atomic mass is 10.0. The summed E-state index contributed by atoms with van der Waals surface area (Å²) in [6, 6.07) is 10.5.